The summed E-state index contributed by atoms with van der Waals surface area (Å²) in [6, 6.07) is 6.62. The first-order chi connectivity index (χ1) is 14.9. The number of pyridine rings is 1. The minimum absolute atomic E-state index is 0.148. The van der Waals surface area contributed by atoms with Gasteiger partial charge in [-0.1, -0.05) is 34.9 Å². The Labute approximate surface area is 180 Å². The first kappa shape index (κ1) is 21.3. The van der Waals surface area contributed by atoms with Crippen LogP contribution in [0, 0.1) is 5.82 Å². The SMILES string of the molecule is C[C@H](Nc1cc(Cl)nc2c1cnn2[C@@H]1O[C@H](CO)[C@@H](O)[C@H]1N=[N+]=[N-])c1ccccc1F. The summed E-state index contributed by atoms with van der Waals surface area (Å²) in [6.45, 7) is 1.35. The molecule has 1 saturated heterocycles. The molecule has 0 bridgehead atoms. The number of hydrogen-bond donors (Lipinski definition) is 3. The smallest absolute Gasteiger partial charge is 0.164 e. The molecule has 4 rings (SSSR count). The first-order valence-electron chi connectivity index (χ1n) is 9.48. The summed E-state index contributed by atoms with van der Waals surface area (Å²) in [7, 11) is 0. The number of anilines is 1. The first-order valence-corrected chi connectivity index (χ1v) is 9.85. The van der Waals surface area contributed by atoms with Crippen LogP contribution < -0.4 is 5.32 Å². The number of nitrogens with zero attached hydrogens (tertiary/aromatic N) is 6. The number of halogens is 2. The van der Waals surface area contributed by atoms with Crippen LogP contribution in [0.5, 0.6) is 0 Å². The van der Waals surface area contributed by atoms with E-state index in [1.165, 1.54) is 16.9 Å². The largest absolute Gasteiger partial charge is 0.394 e. The van der Waals surface area contributed by atoms with E-state index in [1.54, 1.807) is 24.3 Å². The van der Waals surface area contributed by atoms with Crippen LogP contribution in [-0.4, -0.2) is 49.8 Å². The Morgan fingerprint density at radius 2 is 2.23 bits per heavy atom. The number of nitrogens with one attached hydrogen (secondary N) is 1. The highest BCUT2D eigenvalue weighted by atomic mass is 35.5. The van der Waals surface area contributed by atoms with Crippen LogP contribution in [0.4, 0.5) is 10.1 Å². The third-order valence-electron chi connectivity index (χ3n) is 5.22. The van der Waals surface area contributed by atoms with E-state index in [4.69, 9.17) is 21.9 Å². The van der Waals surface area contributed by atoms with Gasteiger partial charge >= 0.3 is 0 Å². The number of aromatic nitrogens is 3. The quantitative estimate of drug-likeness (QED) is 0.229. The predicted octanol–water partition coefficient (Wildman–Crippen LogP) is 3.33. The molecular weight excluding hydrogens is 429 g/mol. The predicted molar refractivity (Wildman–Crippen MR) is 111 cm³/mol. The summed E-state index contributed by atoms with van der Waals surface area (Å²) in [5.74, 6) is -0.338. The van der Waals surface area contributed by atoms with Gasteiger partial charge in [0.1, 0.15) is 23.1 Å². The lowest BCUT2D eigenvalue weighted by molar-refractivity contribution is -0.0476. The van der Waals surface area contributed by atoms with Crippen molar-refractivity contribution in [1.29, 1.82) is 0 Å². The van der Waals surface area contributed by atoms with Gasteiger partial charge in [-0.2, -0.15) is 5.10 Å². The van der Waals surface area contributed by atoms with Crippen LogP contribution in [0.2, 0.25) is 5.15 Å². The molecule has 31 heavy (non-hydrogen) atoms. The molecule has 1 aliphatic rings. The minimum Gasteiger partial charge on any atom is -0.394 e. The lowest BCUT2D eigenvalue weighted by atomic mass is 10.1. The highest BCUT2D eigenvalue weighted by Crippen LogP contribution is 2.36. The Morgan fingerprint density at radius 1 is 1.45 bits per heavy atom. The molecule has 10 nitrogen and oxygen atoms in total. The Kier molecular flexibility index (Phi) is 5.94. The standard InChI is InChI=1S/C19H19ClFN7O3/c1-9(10-4-2-3-5-12(10)21)24-13-6-15(20)25-18-11(13)7-23-28(18)19-16(26-27-22)17(30)14(8-29)31-19/h2-7,9,14,16-17,19,29-30H,8H2,1H3,(H,24,25)/t9-,14+,16+,17+,19+/m0/s1. The average Bonchev–Trinajstić information content (AvgIpc) is 3.29. The molecule has 3 heterocycles. The fraction of sp³-hybridized carbons (Fsp3) is 0.368. The van der Waals surface area contributed by atoms with Crippen molar-refractivity contribution in [2.75, 3.05) is 11.9 Å². The van der Waals surface area contributed by atoms with Crippen molar-refractivity contribution >= 4 is 28.3 Å². The monoisotopic (exact) mass is 447 g/mol. The zero-order chi connectivity index (χ0) is 22.1. The maximum absolute atomic E-state index is 14.2. The Bertz CT molecular complexity index is 1150. The van der Waals surface area contributed by atoms with E-state index in [2.05, 4.69) is 25.4 Å². The maximum Gasteiger partial charge on any atom is 0.164 e. The van der Waals surface area contributed by atoms with E-state index in [1.807, 2.05) is 6.92 Å². The highest BCUT2D eigenvalue weighted by molar-refractivity contribution is 6.30. The molecule has 162 valence electrons. The van der Waals surface area contributed by atoms with Crippen LogP contribution in [0.3, 0.4) is 0 Å². The Balaban J connectivity index is 1.73. The second-order valence-corrected chi connectivity index (χ2v) is 7.53. The van der Waals surface area contributed by atoms with Crippen LogP contribution in [0.25, 0.3) is 21.5 Å². The number of fused-ring (bicyclic) bond motifs is 1. The second-order valence-electron chi connectivity index (χ2n) is 7.14. The highest BCUT2D eigenvalue weighted by Gasteiger charge is 2.45. The molecule has 1 fully saturated rings. The zero-order valence-electron chi connectivity index (χ0n) is 16.3. The van der Waals surface area contributed by atoms with Crippen molar-refractivity contribution in [3.8, 4) is 0 Å². The van der Waals surface area contributed by atoms with Gasteiger partial charge in [0.2, 0.25) is 0 Å². The van der Waals surface area contributed by atoms with Gasteiger partial charge in [-0.15, -0.1) is 0 Å². The third-order valence-corrected chi connectivity index (χ3v) is 5.42. The van der Waals surface area contributed by atoms with Crippen molar-refractivity contribution in [2.45, 2.75) is 37.4 Å². The van der Waals surface area contributed by atoms with Crippen molar-refractivity contribution < 1.29 is 19.3 Å². The molecule has 0 amide bonds. The number of benzene rings is 1. The topological polar surface area (TPSA) is 141 Å². The molecular formula is C19H19ClFN7O3. The number of aliphatic hydroxyl groups is 2. The lowest BCUT2D eigenvalue weighted by Gasteiger charge is -2.18. The van der Waals surface area contributed by atoms with Gasteiger partial charge in [-0.3, -0.25) is 0 Å². The summed E-state index contributed by atoms with van der Waals surface area (Å²) < 4.78 is 21.2. The summed E-state index contributed by atoms with van der Waals surface area (Å²) in [5, 5.41) is 31.6. The van der Waals surface area contributed by atoms with Gasteiger partial charge in [0.25, 0.3) is 0 Å². The molecule has 5 atom stereocenters. The van der Waals surface area contributed by atoms with E-state index in [0.29, 0.717) is 22.3 Å². The summed E-state index contributed by atoms with van der Waals surface area (Å²) >= 11 is 6.22. The van der Waals surface area contributed by atoms with Crippen LogP contribution in [0.1, 0.15) is 24.8 Å². The van der Waals surface area contributed by atoms with Crippen LogP contribution in [0.15, 0.2) is 41.6 Å². The van der Waals surface area contributed by atoms with Gasteiger partial charge in [-0.25, -0.2) is 14.1 Å². The molecule has 0 spiro atoms. The van der Waals surface area contributed by atoms with E-state index in [-0.39, 0.29) is 17.0 Å². The van der Waals surface area contributed by atoms with Gasteiger partial charge in [0.15, 0.2) is 11.9 Å². The molecule has 2 aromatic heterocycles. The minimum atomic E-state index is -1.22. The van der Waals surface area contributed by atoms with Crippen LogP contribution in [-0.2, 0) is 4.74 Å². The van der Waals surface area contributed by atoms with Gasteiger partial charge < -0.3 is 20.3 Å². The normalized spacial score (nSPS) is 24.2. The van der Waals surface area contributed by atoms with Crippen molar-refractivity contribution in [1.82, 2.24) is 14.8 Å². The molecule has 3 N–H and O–H groups in total. The Morgan fingerprint density at radius 3 is 2.94 bits per heavy atom. The molecule has 3 aromatic rings. The fourth-order valence-corrected chi connectivity index (χ4v) is 3.89. The van der Waals surface area contributed by atoms with Crippen molar-refractivity contribution in [3.05, 3.63) is 63.5 Å². The number of hydrogen-bond acceptors (Lipinski definition) is 7. The Hall–Kier alpha value is -2.95. The molecule has 0 radical (unpaired) electrons. The summed E-state index contributed by atoms with van der Waals surface area (Å²) in [6.07, 6.45) is -1.64. The third kappa shape index (κ3) is 3.89. The van der Waals surface area contributed by atoms with Gasteiger partial charge in [0, 0.05) is 10.5 Å². The van der Waals surface area contributed by atoms with E-state index in [0.717, 1.165) is 0 Å². The number of azide groups is 1. The molecule has 1 aliphatic heterocycles. The molecule has 0 aliphatic carbocycles. The average molecular weight is 448 g/mol. The second kappa shape index (κ2) is 8.66. The van der Waals surface area contributed by atoms with E-state index >= 15 is 0 Å². The lowest BCUT2D eigenvalue weighted by Crippen LogP contribution is -2.32. The number of ether oxygens (including phenoxy) is 1. The van der Waals surface area contributed by atoms with Crippen LogP contribution >= 0.6 is 11.6 Å². The van der Waals surface area contributed by atoms with Crippen molar-refractivity contribution in [3.63, 3.8) is 0 Å². The van der Waals surface area contributed by atoms with Gasteiger partial charge in [0.05, 0.1) is 36.0 Å². The fourth-order valence-electron chi connectivity index (χ4n) is 3.70. The molecule has 1 aromatic carbocycles. The summed E-state index contributed by atoms with van der Waals surface area (Å²) in [4.78, 5) is 7.06. The number of rotatable bonds is 6. The molecule has 0 unspecified atom stereocenters. The van der Waals surface area contributed by atoms with Gasteiger partial charge in [-0.05, 0) is 24.6 Å². The maximum atomic E-state index is 14.2. The van der Waals surface area contributed by atoms with E-state index < -0.39 is 31.1 Å². The molecule has 0 saturated carbocycles. The van der Waals surface area contributed by atoms with E-state index in [9.17, 15) is 14.6 Å². The summed E-state index contributed by atoms with van der Waals surface area (Å²) in [5.41, 5.74) is 10.2. The zero-order valence-corrected chi connectivity index (χ0v) is 17.1. The number of aliphatic hydroxyl groups excluding tert-OH is 2. The van der Waals surface area contributed by atoms with Crippen molar-refractivity contribution in [2.24, 2.45) is 5.11 Å². The molecule has 12 heteroatoms.